The minimum atomic E-state index is -0.822. The summed E-state index contributed by atoms with van der Waals surface area (Å²) in [6.07, 6.45) is 3.03. The van der Waals surface area contributed by atoms with Gasteiger partial charge in [-0.15, -0.1) is 0 Å². The SMILES string of the molecule is CCCC(CN)C(C)(O)c1ccc(CC)cc1. The maximum atomic E-state index is 10.7. The Kier molecular flexibility index (Phi) is 5.16. The van der Waals surface area contributed by atoms with Crippen LogP contribution in [0.15, 0.2) is 24.3 Å². The van der Waals surface area contributed by atoms with Gasteiger partial charge in [0.1, 0.15) is 0 Å². The highest BCUT2D eigenvalue weighted by molar-refractivity contribution is 5.27. The topological polar surface area (TPSA) is 46.2 Å². The second-order valence-electron chi connectivity index (χ2n) is 4.92. The number of hydrogen-bond acceptors (Lipinski definition) is 2. The standard InChI is InChI=1S/C15H25NO/c1-4-6-14(11-16)15(3,17)13-9-7-12(5-2)8-10-13/h7-10,14,17H,4-6,11,16H2,1-3H3. The highest BCUT2D eigenvalue weighted by Gasteiger charge is 2.31. The average molecular weight is 235 g/mol. The Morgan fingerprint density at radius 3 is 2.24 bits per heavy atom. The highest BCUT2D eigenvalue weighted by atomic mass is 16.3. The summed E-state index contributed by atoms with van der Waals surface area (Å²) in [7, 11) is 0. The number of rotatable bonds is 6. The second kappa shape index (κ2) is 6.18. The van der Waals surface area contributed by atoms with Crippen LogP contribution >= 0.6 is 0 Å². The summed E-state index contributed by atoms with van der Waals surface area (Å²) in [5.74, 6) is 0.125. The van der Waals surface area contributed by atoms with Crippen molar-refractivity contribution in [2.24, 2.45) is 11.7 Å². The van der Waals surface area contributed by atoms with Crippen molar-refractivity contribution in [2.75, 3.05) is 6.54 Å². The minimum Gasteiger partial charge on any atom is -0.385 e. The summed E-state index contributed by atoms with van der Waals surface area (Å²) in [5.41, 5.74) is 7.22. The summed E-state index contributed by atoms with van der Waals surface area (Å²) >= 11 is 0. The molecule has 1 rings (SSSR count). The largest absolute Gasteiger partial charge is 0.385 e. The predicted octanol–water partition coefficient (Wildman–Crippen LogP) is 2.83. The lowest BCUT2D eigenvalue weighted by Crippen LogP contribution is -2.36. The smallest absolute Gasteiger partial charge is 0.0908 e. The Morgan fingerprint density at radius 1 is 1.24 bits per heavy atom. The molecule has 0 heterocycles. The number of aliphatic hydroxyl groups is 1. The van der Waals surface area contributed by atoms with Gasteiger partial charge in [0.15, 0.2) is 0 Å². The van der Waals surface area contributed by atoms with Crippen LogP contribution in [-0.4, -0.2) is 11.7 Å². The first kappa shape index (κ1) is 14.2. The molecule has 0 aromatic heterocycles. The van der Waals surface area contributed by atoms with Gasteiger partial charge in [-0.05, 0) is 37.4 Å². The van der Waals surface area contributed by atoms with E-state index in [9.17, 15) is 5.11 Å². The van der Waals surface area contributed by atoms with Gasteiger partial charge >= 0.3 is 0 Å². The Balaban J connectivity index is 2.93. The van der Waals surface area contributed by atoms with Crippen molar-refractivity contribution >= 4 is 0 Å². The van der Waals surface area contributed by atoms with Crippen molar-refractivity contribution in [3.05, 3.63) is 35.4 Å². The van der Waals surface area contributed by atoms with Crippen molar-refractivity contribution in [3.63, 3.8) is 0 Å². The Bertz CT molecular complexity index is 329. The molecule has 1 aromatic rings. The van der Waals surface area contributed by atoms with Gasteiger partial charge in [0, 0.05) is 5.92 Å². The lowest BCUT2D eigenvalue weighted by molar-refractivity contribution is -0.00628. The molecule has 0 bridgehead atoms. The van der Waals surface area contributed by atoms with Gasteiger partial charge in [0.2, 0.25) is 0 Å². The number of aryl methyl sites for hydroxylation is 1. The molecule has 0 aliphatic rings. The summed E-state index contributed by atoms with van der Waals surface area (Å²) in [6, 6.07) is 8.22. The quantitative estimate of drug-likeness (QED) is 0.796. The zero-order valence-corrected chi connectivity index (χ0v) is 11.2. The molecular weight excluding hydrogens is 210 g/mol. The molecule has 0 saturated carbocycles. The first-order valence-electron chi connectivity index (χ1n) is 6.58. The summed E-state index contributed by atoms with van der Waals surface area (Å²) < 4.78 is 0. The minimum absolute atomic E-state index is 0.125. The lowest BCUT2D eigenvalue weighted by atomic mass is 9.80. The number of hydrogen-bond donors (Lipinski definition) is 2. The summed E-state index contributed by atoms with van der Waals surface area (Å²) in [5, 5.41) is 10.7. The van der Waals surface area contributed by atoms with Crippen LogP contribution in [0, 0.1) is 5.92 Å². The molecule has 0 fully saturated rings. The molecule has 2 atom stereocenters. The van der Waals surface area contributed by atoms with E-state index in [0.29, 0.717) is 6.54 Å². The zero-order valence-electron chi connectivity index (χ0n) is 11.2. The van der Waals surface area contributed by atoms with E-state index in [2.05, 4.69) is 26.0 Å². The zero-order chi connectivity index (χ0) is 12.9. The van der Waals surface area contributed by atoms with Gasteiger partial charge in [0.25, 0.3) is 0 Å². The van der Waals surface area contributed by atoms with Gasteiger partial charge in [0.05, 0.1) is 5.60 Å². The molecule has 0 aliphatic heterocycles. The van der Waals surface area contributed by atoms with Crippen molar-refractivity contribution in [1.29, 1.82) is 0 Å². The van der Waals surface area contributed by atoms with Crippen LogP contribution < -0.4 is 5.73 Å². The number of nitrogens with two attached hydrogens (primary N) is 1. The Labute approximate surface area is 105 Å². The second-order valence-corrected chi connectivity index (χ2v) is 4.92. The van der Waals surface area contributed by atoms with Crippen molar-refractivity contribution < 1.29 is 5.11 Å². The molecule has 0 spiro atoms. The highest BCUT2D eigenvalue weighted by Crippen LogP contribution is 2.31. The van der Waals surface area contributed by atoms with E-state index in [-0.39, 0.29) is 5.92 Å². The van der Waals surface area contributed by atoms with E-state index < -0.39 is 5.60 Å². The maximum absolute atomic E-state index is 10.7. The van der Waals surface area contributed by atoms with Crippen molar-refractivity contribution in [1.82, 2.24) is 0 Å². The Morgan fingerprint density at radius 2 is 1.82 bits per heavy atom. The van der Waals surface area contributed by atoms with Gasteiger partial charge in [-0.2, -0.15) is 0 Å². The fraction of sp³-hybridized carbons (Fsp3) is 0.600. The molecule has 0 aliphatic carbocycles. The molecular formula is C15H25NO. The molecule has 2 heteroatoms. The number of benzene rings is 1. The van der Waals surface area contributed by atoms with Crippen LogP contribution in [0.25, 0.3) is 0 Å². The van der Waals surface area contributed by atoms with Crippen molar-refractivity contribution in [2.45, 2.75) is 45.6 Å². The third-order valence-corrected chi connectivity index (χ3v) is 3.66. The molecule has 0 amide bonds. The van der Waals surface area contributed by atoms with E-state index in [4.69, 9.17) is 5.73 Å². The van der Waals surface area contributed by atoms with Gasteiger partial charge in [-0.1, -0.05) is 44.5 Å². The molecule has 1 aromatic carbocycles. The molecule has 96 valence electrons. The van der Waals surface area contributed by atoms with Crippen LogP contribution in [-0.2, 0) is 12.0 Å². The average Bonchev–Trinajstić information content (AvgIpc) is 2.35. The lowest BCUT2D eigenvalue weighted by Gasteiger charge is -2.32. The fourth-order valence-corrected chi connectivity index (χ4v) is 2.29. The van der Waals surface area contributed by atoms with Gasteiger partial charge in [-0.25, -0.2) is 0 Å². The Hall–Kier alpha value is -0.860. The van der Waals surface area contributed by atoms with E-state index in [1.54, 1.807) is 0 Å². The monoisotopic (exact) mass is 235 g/mol. The molecule has 3 N–H and O–H groups in total. The first-order valence-corrected chi connectivity index (χ1v) is 6.58. The van der Waals surface area contributed by atoms with Crippen LogP contribution in [0.2, 0.25) is 0 Å². The normalized spacial score (nSPS) is 16.5. The van der Waals surface area contributed by atoms with E-state index >= 15 is 0 Å². The first-order chi connectivity index (χ1) is 8.06. The van der Waals surface area contributed by atoms with E-state index in [0.717, 1.165) is 24.8 Å². The van der Waals surface area contributed by atoms with Crippen LogP contribution in [0.5, 0.6) is 0 Å². The molecule has 0 saturated heterocycles. The van der Waals surface area contributed by atoms with E-state index in [1.165, 1.54) is 5.56 Å². The third kappa shape index (κ3) is 3.30. The van der Waals surface area contributed by atoms with Crippen LogP contribution in [0.4, 0.5) is 0 Å². The summed E-state index contributed by atoms with van der Waals surface area (Å²) in [6.45, 7) is 6.66. The molecule has 2 nitrogen and oxygen atoms in total. The van der Waals surface area contributed by atoms with Gasteiger partial charge in [-0.3, -0.25) is 0 Å². The predicted molar refractivity (Wildman–Crippen MR) is 72.8 cm³/mol. The third-order valence-electron chi connectivity index (χ3n) is 3.66. The fourth-order valence-electron chi connectivity index (χ4n) is 2.29. The molecule has 2 unspecified atom stereocenters. The van der Waals surface area contributed by atoms with Crippen LogP contribution in [0.1, 0.15) is 44.7 Å². The van der Waals surface area contributed by atoms with E-state index in [1.807, 2.05) is 19.1 Å². The van der Waals surface area contributed by atoms with Crippen molar-refractivity contribution in [3.8, 4) is 0 Å². The summed E-state index contributed by atoms with van der Waals surface area (Å²) in [4.78, 5) is 0. The molecule has 17 heavy (non-hydrogen) atoms. The maximum Gasteiger partial charge on any atom is 0.0908 e. The van der Waals surface area contributed by atoms with Gasteiger partial charge < -0.3 is 10.8 Å². The van der Waals surface area contributed by atoms with Crippen LogP contribution in [0.3, 0.4) is 0 Å². The molecule has 0 radical (unpaired) electrons.